The van der Waals surface area contributed by atoms with Gasteiger partial charge in [0.15, 0.2) is 29.7 Å². The number of nitrogens with one attached hydrogen (secondary N) is 1. The summed E-state index contributed by atoms with van der Waals surface area (Å²) < 4.78 is 0.785. The van der Waals surface area contributed by atoms with E-state index in [1.807, 2.05) is 4.98 Å². The lowest BCUT2D eigenvalue weighted by atomic mass is 10.5. The highest BCUT2D eigenvalue weighted by Gasteiger charge is 2.19. The van der Waals surface area contributed by atoms with Crippen molar-refractivity contribution >= 4 is 11.2 Å². The topological polar surface area (TPSA) is 153 Å². The molecule has 1 N–H and O–H groups in total. The first-order chi connectivity index (χ1) is 8.56. The quantitative estimate of drug-likeness (QED) is 0.545. The number of rotatable bonds is 0. The van der Waals surface area contributed by atoms with Crippen LogP contribution in [0.25, 0.3) is 11.2 Å². The fourth-order valence-electron chi connectivity index (χ4n) is 1.45. The molecule has 0 unspecified atom stereocenters. The van der Waals surface area contributed by atoms with E-state index in [4.69, 9.17) is 15.8 Å². The number of aromatic amines is 1. The third-order valence-corrected chi connectivity index (χ3v) is 2.18. The third kappa shape index (κ3) is 1.10. The number of fused-ring (bicyclic) bond motifs is 1. The molecule has 0 aliphatic rings. The van der Waals surface area contributed by atoms with Crippen molar-refractivity contribution in [2.24, 2.45) is 0 Å². The molecule has 2 heterocycles. The van der Waals surface area contributed by atoms with Crippen molar-refractivity contribution in [2.45, 2.75) is 0 Å². The van der Waals surface area contributed by atoms with Crippen molar-refractivity contribution in [3.8, 4) is 18.6 Å². The summed E-state index contributed by atoms with van der Waals surface area (Å²) in [4.78, 5) is 36.6. The first kappa shape index (κ1) is 10.9. The van der Waals surface area contributed by atoms with Gasteiger partial charge >= 0.3 is 11.4 Å². The molecule has 0 aliphatic carbocycles. The van der Waals surface area contributed by atoms with Crippen LogP contribution in [0.4, 0.5) is 0 Å². The van der Waals surface area contributed by atoms with E-state index in [1.165, 1.54) is 18.6 Å². The summed E-state index contributed by atoms with van der Waals surface area (Å²) in [6.07, 6.45) is 4.09. The van der Waals surface area contributed by atoms with E-state index in [-0.39, 0.29) is 4.57 Å². The molecule has 10 heteroatoms. The maximum Gasteiger partial charge on any atom is 0.359 e. The molecule has 0 saturated carbocycles. The Hall–Kier alpha value is -3.58. The molecule has 0 atom stereocenters. The SMILES string of the molecule is N#Cn1c(=O)c2[nH]c(=O)n(C#N)c2n(C#N)c1=O. The van der Waals surface area contributed by atoms with Crippen LogP contribution in [-0.2, 0) is 0 Å². The molecule has 2 rings (SSSR count). The molecule has 0 radical (unpaired) electrons. The van der Waals surface area contributed by atoms with Gasteiger partial charge in [-0.05, 0) is 0 Å². The molecule has 0 spiro atoms. The largest absolute Gasteiger partial charge is 0.359 e. The minimum Gasteiger partial charge on any atom is -0.299 e. The maximum absolute atomic E-state index is 11.7. The van der Waals surface area contributed by atoms with Gasteiger partial charge in [-0.15, -0.1) is 0 Å². The molecule has 18 heavy (non-hydrogen) atoms. The van der Waals surface area contributed by atoms with Crippen molar-refractivity contribution in [3.63, 3.8) is 0 Å². The standard InChI is InChI=1S/C8HN7O3/c9-1-13-5-4(12-7(13)17)6(16)15(3-11)8(18)14(5)2-10/h(H,12,17). The normalized spacial score (nSPS) is 9.61. The summed E-state index contributed by atoms with van der Waals surface area (Å²) in [5.41, 5.74) is -4.30. The van der Waals surface area contributed by atoms with Crippen LogP contribution < -0.4 is 16.9 Å². The van der Waals surface area contributed by atoms with E-state index in [0.29, 0.717) is 9.13 Å². The highest BCUT2D eigenvalue weighted by atomic mass is 16.2. The fourth-order valence-corrected chi connectivity index (χ4v) is 1.45. The Bertz CT molecular complexity index is 962. The van der Waals surface area contributed by atoms with Gasteiger partial charge in [-0.2, -0.15) is 29.5 Å². The van der Waals surface area contributed by atoms with Gasteiger partial charge in [-0.25, -0.2) is 9.59 Å². The molecule has 0 aromatic carbocycles. The monoisotopic (exact) mass is 243 g/mol. The Labute approximate surface area is 96.4 Å². The Morgan fingerprint density at radius 3 is 1.94 bits per heavy atom. The van der Waals surface area contributed by atoms with Crippen molar-refractivity contribution in [1.82, 2.24) is 18.7 Å². The lowest BCUT2D eigenvalue weighted by molar-refractivity contribution is 0.837. The zero-order chi connectivity index (χ0) is 13.4. The minimum atomic E-state index is -1.25. The van der Waals surface area contributed by atoms with Gasteiger partial charge in [0.05, 0.1) is 0 Å². The first-order valence-electron chi connectivity index (χ1n) is 4.30. The number of imidazole rings is 1. The second-order valence-corrected chi connectivity index (χ2v) is 3.02. The van der Waals surface area contributed by atoms with Gasteiger partial charge in [-0.3, -0.25) is 9.78 Å². The van der Waals surface area contributed by atoms with Crippen LogP contribution in [0.2, 0.25) is 0 Å². The van der Waals surface area contributed by atoms with Crippen molar-refractivity contribution < 1.29 is 0 Å². The molecule has 2 aromatic heterocycles. The highest BCUT2D eigenvalue weighted by molar-refractivity contribution is 5.71. The lowest BCUT2D eigenvalue weighted by Gasteiger charge is -1.98. The van der Waals surface area contributed by atoms with Gasteiger partial charge in [-0.1, -0.05) is 0 Å². The predicted molar refractivity (Wildman–Crippen MR) is 54.1 cm³/mol. The van der Waals surface area contributed by atoms with E-state index >= 15 is 0 Å². The summed E-state index contributed by atoms with van der Waals surface area (Å²) >= 11 is 0. The molecule has 0 saturated heterocycles. The smallest absolute Gasteiger partial charge is 0.299 e. The zero-order valence-corrected chi connectivity index (χ0v) is 8.41. The number of aromatic nitrogens is 4. The molecule has 0 bridgehead atoms. The zero-order valence-electron chi connectivity index (χ0n) is 8.41. The second-order valence-electron chi connectivity index (χ2n) is 3.02. The Morgan fingerprint density at radius 1 is 0.889 bits per heavy atom. The Kier molecular flexibility index (Phi) is 2.11. The molecule has 0 fully saturated rings. The van der Waals surface area contributed by atoms with Crippen LogP contribution in [0.5, 0.6) is 0 Å². The number of nitriles is 3. The van der Waals surface area contributed by atoms with Crippen LogP contribution in [0.15, 0.2) is 14.4 Å². The van der Waals surface area contributed by atoms with Crippen molar-refractivity contribution in [2.75, 3.05) is 0 Å². The summed E-state index contributed by atoms with van der Waals surface area (Å²) in [6.45, 7) is 0. The molecule has 0 aliphatic heterocycles. The van der Waals surface area contributed by atoms with Crippen LogP contribution in [0.1, 0.15) is 0 Å². The van der Waals surface area contributed by atoms with Crippen molar-refractivity contribution in [1.29, 1.82) is 15.8 Å². The highest BCUT2D eigenvalue weighted by Crippen LogP contribution is 2.00. The van der Waals surface area contributed by atoms with E-state index in [0.717, 1.165) is 0 Å². The number of hydrogen-bond donors (Lipinski definition) is 1. The molecule has 86 valence electrons. The van der Waals surface area contributed by atoms with E-state index < -0.39 is 28.1 Å². The molecular formula is C8HN7O3. The van der Waals surface area contributed by atoms with Gasteiger partial charge in [0.25, 0.3) is 5.56 Å². The molecular weight excluding hydrogens is 242 g/mol. The summed E-state index contributed by atoms with van der Waals surface area (Å²) in [5.74, 6) is 0. The van der Waals surface area contributed by atoms with Crippen LogP contribution >= 0.6 is 0 Å². The van der Waals surface area contributed by atoms with E-state index in [2.05, 4.69) is 0 Å². The Balaban J connectivity index is 3.36. The molecule has 10 nitrogen and oxygen atoms in total. The van der Waals surface area contributed by atoms with Gasteiger partial charge in [0.1, 0.15) is 0 Å². The first-order valence-corrected chi connectivity index (χ1v) is 4.30. The van der Waals surface area contributed by atoms with Crippen molar-refractivity contribution in [3.05, 3.63) is 31.3 Å². The molecule has 0 amide bonds. The van der Waals surface area contributed by atoms with Gasteiger partial charge < -0.3 is 0 Å². The van der Waals surface area contributed by atoms with Gasteiger partial charge in [0, 0.05) is 0 Å². The maximum atomic E-state index is 11.7. The van der Waals surface area contributed by atoms with Crippen LogP contribution in [0.3, 0.4) is 0 Å². The predicted octanol–water partition coefficient (Wildman–Crippen LogP) is -2.36. The van der Waals surface area contributed by atoms with Gasteiger partial charge in [0.2, 0.25) is 0 Å². The summed E-state index contributed by atoms with van der Waals surface area (Å²) in [6, 6.07) is 0. The second kappa shape index (κ2) is 3.47. The van der Waals surface area contributed by atoms with Crippen LogP contribution in [-0.4, -0.2) is 18.7 Å². The molecule has 2 aromatic rings. The third-order valence-electron chi connectivity index (χ3n) is 2.18. The fraction of sp³-hybridized carbons (Fsp3) is 0. The van der Waals surface area contributed by atoms with Crippen LogP contribution in [0, 0.1) is 34.4 Å². The average Bonchev–Trinajstić information content (AvgIpc) is 2.67. The number of H-pyrrole nitrogens is 1. The minimum absolute atomic E-state index is 0.100. The van der Waals surface area contributed by atoms with E-state index in [1.54, 1.807) is 0 Å². The summed E-state index contributed by atoms with van der Waals surface area (Å²) in [5, 5.41) is 26.2. The van der Waals surface area contributed by atoms with E-state index in [9.17, 15) is 14.4 Å². The number of hydrogen-bond acceptors (Lipinski definition) is 6. The average molecular weight is 243 g/mol. The lowest BCUT2D eigenvalue weighted by Crippen LogP contribution is -2.37. The summed E-state index contributed by atoms with van der Waals surface area (Å²) in [7, 11) is 0. The Morgan fingerprint density at radius 2 is 1.44 bits per heavy atom. The number of nitrogens with zero attached hydrogens (tertiary/aromatic N) is 6.